The molecular formula is C52H33N5. The van der Waals surface area contributed by atoms with Gasteiger partial charge in [-0.3, -0.25) is 4.57 Å². The number of hydrogen-bond donors (Lipinski definition) is 0. The zero-order valence-electron chi connectivity index (χ0n) is 30.8. The Hall–Kier alpha value is -7.63. The molecule has 11 aromatic rings. The summed E-state index contributed by atoms with van der Waals surface area (Å²) in [7, 11) is 0. The summed E-state index contributed by atoms with van der Waals surface area (Å²) in [6, 6.07) is 71.5. The van der Waals surface area contributed by atoms with Crippen LogP contribution in [0.15, 0.2) is 200 Å². The fourth-order valence-corrected chi connectivity index (χ4v) is 9.30. The normalized spacial score (nSPS) is 14.7. The Kier molecular flexibility index (Phi) is 6.78. The molecule has 0 saturated carbocycles. The highest BCUT2D eigenvalue weighted by Crippen LogP contribution is 2.47. The molecule has 5 heterocycles. The van der Waals surface area contributed by atoms with Crippen molar-refractivity contribution in [2.24, 2.45) is 0 Å². The van der Waals surface area contributed by atoms with Gasteiger partial charge < -0.3 is 4.57 Å². The molecule has 0 radical (unpaired) electrons. The average molecular weight is 728 g/mol. The minimum absolute atomic E-state index is 0.575. The predicted octanol–water partition coefficient (Wildman–Crippen LogP) is 12.1. The van der Waals surface area contributed by atoms with Crippen molar-refractivity contribution in [3.63, 3.8) is 0 Å². The molecule has 266 valence electrons. The van der Waals surface area contributed by atoms with Gasteiger partial charge in [0.25, 0.3) is 0 Å². The van der Waals surface area contributed by atoms with Gasteiger partial charge in [-0.15, -0.1) is 0 Å². The zero-order chi connectivity index (χ0) is 37.5. The molecule has 13 rings (SSSR count). The van der Waals surface area contributed by atoms with Crippen LogP contribution >= 0.6 is 0 Å². The fourth-order valence-electron chi connectivity index (χ4n) is 9.30. The van der Waals surface area contributed by atoms with Gasteiger partial charge in [0.2, 0.25) is 5.95 Å². The number of aromatic nitrogens is 5. The van der Waals surface area contributed by atoms with E-state index in [-0.39, 0.29) is 0 Å². The lowest BCUT2D eigenvalue weighted by molar-refractivity contribution is 0.667. The minimum Gasteiger partial charge on any atom is -0.307 e. The van der Waals surface area contributed by atoms with Crippen molar-refractivity contribution in [2.75, 3.05) is 0 Å². The Morgan fingerprint density at radius 3 is 1.44 bits per heavy atom. The Morgan fingerprint density at radius 2 is 0.807 bits per heavy atom. The van der Waals surface area contributed by atoms with Crippen molar-refractivity contribution >= 4 is 43.6 Å². The van der Waals surface area contributed by atoms with Crippen LogP contribution in [0, 0.1) is 0 Å². The summed E-state index contributed by atoms with van der Waals surface area (Å²) in [5, 5.41) is 4.66. The molecule has 5 heteroatoms. The topological polar surface area (TPSA) is 48.5 Å². The van der Waals surface area contributed by atoms with E-state index in [1.165, 1.54) is 16.3 Å². The van der Waals surface area contributed by atoms with E-state index < -0.39 is 5.41 Å². The van der Waals surface area contributed by atoms with Gasteiger partial charge in [-0.2, -0.15) is 9.97 Å². The van der Waals surface area contributed by atoms with Gasteiger partial charge in [0, 0.05) is 32.8 Å². The Labute approximate surface area is 328 Å². The smallest absolute Gasteiger partial charge is 0.238 e. The quantitative estimate of drug-likeness (QED) is 0.181. The van der Waals surface area contributed by atoms with Gasteiger partial charge in [0.1, 0.15) is 5.41 Å². The molecular weight excluding hydrogens is 695 g/mol. The second-order valence-electron chi connectivity index (χ2n) is 14.8. The third-order valence-corrected chi connectivity index (χ3v) is 11.9. The van der Waals surface area contributed by atoms with Crippen molar-refractivity contribution in [3.05, 3.63) is 223 Å². The molecule has 5 nitrogen and oxygen atoms in total. The van der Waals surface area contributed by atoms with Crippen LogP contribution in [-0.4, -0.2) is 24.1 Å². The van der Waals surface area contributed by atoms with E-state index in [1.807, 2.05) is 18.2 Å². The van der Waals surface area contributed by atoms with E-state index in [9.17, 15) is 0 Å². The average Bonchev–Trinajstić information content (AvgIpc) is 3.81. The van der Waals surface area contributed by atoms with Crippen LogP contribution in [0.4, 0.5) is 0 Å². The van der Waals surface area contributed by atoms with Crippen LogP contribution in [0.25, 0.3) is 77.8 Å². The summed E-state index contributed by atoms with van der Waals surface area (Å²) in [5.41, 5.74) is 10.9. The first-order chi connectivity index (χ1) is 28.3. The highest BCUT2D eigenvalue weighted by molar-refractivity contribution is 6.23. The van der Waals surface area contributed by atoms with Gasteiger partial charge in [0.15, 0.2) is 11.6 Å². The van der Waals surface area contributed by atoms with Crippen molar-refractivity contribution in [1.82, 2.24) is 24.1 Å². The summed E-state index contributed by atoms with van der Waals surface area (Å²) in [4.78, 5) is 16.6. The van der Waals surface area contributed by atoms with Crippen LogP contribution in [0.5, 0.6) is 0 Å². The lowest BCUT2D eigenvalue weighted by atomic mass is 9.68. The lowest BCUT2D eigenvalue weighted by Gasteiger charge is -2.35. The maximum Gasteiger partial charge on any atom is 0.238 e. The van der Waals surface area contributed by atoms with Crippen molar-refractivity contribution < 1.29 is 0 Å². The molecule has 0 amide bonds. The molecule has 0 saturated heterocycles. The van der Waals surface area contributed by atoms with Crippen LogP contribution in [0.2, 0.25) is 0 Å². The minimum atomic E-state index is -0.926. The first-order valence-corrected chi connectivity index (χ1v) is 19.4. The van der Waals surface area contributed by atoms with E-state index in [1.54, 1.807) is 0 Å². The summed E-state index contributed by atoms with van der Waals surface area (Å²) >= 11 is 0. The molecule has 57 heavy (non-hydrogen) atoms. The second kappa shape index (κ2) is 12.2. The molecule has 0 fully saturated rings. The van der Waals surface area contributed by atoms with E-state index in [0.717, 1.165) is 66.3 Å². The number of benzene rings is 8. The Morgan fingerprint density at radius 1 is 0.333 bits per heavy atom. The number of hydrogen-bond acceptors (Lipinski definition) is 3. The number of fused-ring (bicyclic) bond motifs is 6. The summed E-state index contributed by atoms with van der Waals surface area (Å²) < 4.78 is 4.70. The highest BCUT2D eigenvalue weighted by atomic mass is 15.2. The van der Waals surface area contributed by atoms with Crippen molar-refractivity contribution in [2.45, 2.75) is 5.41 Å². The van der Waals surface area contributed by atoms with Gasteiger partial charge in [-0.25, -0.2) is 4.98 Å². The lowest BCUT2D eigenvalue weighted by Crippen LogP contribution is -2.34. The third kappa shape index (κ3) is 4.54. The standard InChI is InChI=1S/C52H33N5/c1-4-14-34(15-5-1)35-24-26-38(27-25-35)52(37-18-8-3-9-19-37)39-28-30-40(31-29-39)56-45-22-12-10-20-41(45)43-32-33-44-42-21-11-13-23-46(42)57(48(44)47(43)56)51-54-49(53-50(52)55-51)36-16-6-2-7-17-36/h1-33H. The number of nitrogens with zero attached hydrogens (tertiary/aromatic N) is 5. The van der Waals surface area contributed by atoms with Gasteiger partial charge in [-0.1, -0.05) is 176 Å². The maximum atomic E-state index is 5.69. The van der Waals surface area contributed by atoms with Crippen LogP contribution in [0.1, 0.15) is 22.5 Å². The fraction of sp³-hybridized carbons (Fsp3) is 0.0192. The SMILES string of the molecule is c1ccc(-c2ccc(C3(c4ccccc4)c4ccc(cc4)-n4c5ccccc5c5ccc6c7ccccc7n(c6c54)-c4nc(-c5ccccc5)nc3n4)cc2)cc1. The molecule has 0 aliphatic carbocycles. The predicted molar refractivity (Wildman–Crippen MR) is 231 cm³/mol. The van der Waals surface area contributed by atoms with E-state index >= 15 is 0 Å². The molecule has 1 atom stereocenters. The Bertz CT molecular complexity index is 3310. The Balaban J connectivity index is 1.29. The van der Waals surface area contributed by atoms with Crippen LogP contribution < -0.4 is 0 Å². The molecule has 0 N–H and O–H groups in total. The van der Waals surface area contributed by atoms with E-state index in [0.29, 0.717) is 17.6 Å². The van der Waals surface area contributed by atoms with E-state index in [2.05, 4.69) is 191 Å². The molecule has 3 aromatic heterocycles. The van der Waals surface area contributed by atoms with Crippen LogP contribution in [0.3, 0.4) is 0 Å². The first kappa shape index (κ1) is 31.7. The molecule has 8 aromatic carbocycles. The first-order valence-electron chi connectivity index (χ1n) is 19.4. The molecule has 4 bridgehead atoms. The van der Waals surface area contributed by atoms with E-state index in [4.69, 9.17) is 15.0 Å². The zero-order valence-corrected chi connectivity index (χ0v) is 30.8. The van der Waals surface area contributed by atoms with Crippen LogP contribution in [-0.2, 0) is 5.41 Å². The largest absolute Gasteiger partial charge is 0.307 e. The summed E-state index contributed by atoms with van der Waals surface area (Å²) in [5.74, 6) is 1.84. The third-order valence-electron chi connectivity index (χ3n) is 11.9. The molecule has 0 spiro atoms. The van der Waals surface area contributed by atoms with Gasteiger partial charge in [-0.05, 0) is 52.1 Å². The van der Waals surface area contributed by atoms with Crippen molar-refractivity contribution in [1.29, 1.82) is 0 Å². The second-order valence-corrected chi connectivity index (χ2v) is 14.8. The summed E-state index contributed by atoms with van der Waals surface area (Å²) in [6.45, 7) is 0. The number of rotatable bonds is 4. The molecule has 1 unspecified atom stereocenters. The number of para-hydroxylation sites is 2. The monoisotopic (exact) mass is 727 g/mol. The van der Waals surface area contributed by atoms with Crippen molar-refractivity contribution in [3.8, 4) is 34.2 Å². The highest BCUT2D eigenvalue weighted by Gasteiger charge is 2.43. The molecule has 2 aliphatic heterocycles. The van der Waals surface area contributed by atoms with Gasteiger partial charge >= 0.3 is 0 Å². The maximum absolute atomic E-state index is 5.69. The van der Waals surface area contributed by atoms with Gasteiger partial charge in [0.05, 0.1) is 22.1 Å². The molecule has 2 aliphatic rings. The summed E-state index contributed by atoms with van der Waals surface area (Å²) in [6.07, 6.45) is 0.